The van der Waals surface area contributed by atoms with Gasteiger partial charge in [0, 0.05) is 41.9 Å². The molecular formula is C20H23FN3O6PS. The van der Waals surface area contributed by atoms with Gasteiger partial charge in [-0.15, -0.1) is 0 Å². The van der Waals surface area contributed by atoms with Crippen molar-refractivity contribution in [3.05, 3.63) is 41.8 Å². The number of ether oxygens (including phenoxy) is 1. The van der Waals surface area contributed by atoms with Crippen LogP contribution in [-0.2, 0) is 13.8 Å². The maximum absolute atomic E-state index is 15.0. The zero-order valence-electron chi connectivity index (χ0n) is 17.3. The van der Waals surface area contributed by atoms with Crippen LogP contribution in [0.5, 0.6) is 0 Å². The standard InChI is InChI=1S/C20H23FN3O6PS/c1-13-8-14(10-22-19(13)23-4-6-32-7-5-23)17-3-2-15(9-18(17)21)24-11-16(30-20(24)25)12-29-31(26,27)28/h2-3,8-10,16H,4-7,11-12H2,1H3,(H2,26,27,28). The number of rotatable bonds is 6. The molecule has 0 spiro atoms. The maximum atomic E-state index is 15.0. The van der Waals surface area contributed by atoms with E-state index < -0.39 is 32.4 Å². The molecule has 2 aliphatic heterocycles. The van der Waals surface area contributed by atoms with E-state index in [9.17, 15) is 13.8 Å². The number of aryl methyl sites for hydroxylation is 1. The molecule has 2 N–H and O–H groups in total. The summed E-state index contributed by atoms with van der Waals surface area (Å²) in [5.41, 5.74) is 2.24. The fourth-order valence-electron chi connectivity index (χ4n) is 3.73. The van der Waals surface area contributed by atoms with E-state index in [1.165, 1.54) is 11.0 Å². The number of pyridine rings is 1. The molecule has 0 saturated carbocycles. The molecule has 12 heteroatoms. The first-order valence-corrected chi connectivity index (χ1v) is 12.7. The molecule has 2 fully saturated rings. The Labute approximate surface area is 188 Å². The first-order chi connectivity index (χ1) is 15.2. The number of halogens is 1. The summed E-state index contributed by atoms with van der Waals surface area (Å²) >= 11 is 1.92. The fourth-order valence-corrected chi connectivity index (χ4v) is 4.99. The normalized spacial score (nSPS) is 19.4. The van der Waals surface area contributed by atoms with E-state index in [0.717, 1.165) is 36.0 Å². The Balaban J connectivity index is 1.49. The molecule has 1 atom stereocenters. The Morgan fingerprint density at radius 2 is 2.06 bits per heavy atom. The second-order valence-electron chi connectivity index (χ2n) is 7.53. The summed E-state index contributed by atoms with van der Waals surface area (Å²) in [5.74, 6) is 2.51. The Bertz CT molecular complexity index is 1060. The summed E-state index contributed by atoms with van der Waals surface area (Å²) in [7, 11) is -4.67. The van der Waals surface area contributed by atoms with E-state index in [1.807, 2.05) is 24.8 Å². The van der Waals surface area contributed by atoms with Crippen molar-refractivity contribution in [2.24, 2.45) is 0 Å². The van der Waals surface area contributed by atoms with Gasteiger partial charge in [-0.1, -0.05) is 0 Å². The van der Waals surface area contributed by atoms with Crippen molar-refractivity contribution in [1.82, 2.24) is 4.98 Å². The van der Waals surface area contributed by atoms with Gasteiger partial charge < -0.3 is 19.4 Å². The molecule has 0 aliphatic carbocycles. The quantitative estimate of drug-likeness (QED) is 0.598. The third-order valence-electron chi connectivity index (χ3n) is 5.24. The lowest BCUT2D eigenvalue weighted by atomic mass is 10.0. The molecule has 32 heavy (non-hydrogen) atoms. The molecule has 1 unspecified atom stereocenters. The van der Waals surface area contributed by atoms with Crippen LogP contribution in [0.3, 0.4) is 0 Å². The largest absolute Gasteiger partial charge is 0.469 e. The molecule has 9 nitrogen and oxygen atoms in total. The molecule has 2 aromatic rings. The summed E-state index contributed by atoms with van der Waals surface area (Å²) in [6.45, 7) is 3.36. The molecule has 0 bridgehead atoms. The van der Waals surface area contributed by atoms with Gasteiger partial charge in [0.25, 0.3) is 0 Å². The van der Waals surface area contributed by atoms with Gasteiger partial charge in [-0.3, -0.25) is 9.42 Å². The zero-order valence-corrected chi connectivity index (χ0v) is 19.0. The average Bonchev–Trinajstić information content (AvgIpc) is 3.13. The summed E-state index contributed by atoms with van der Waals surface area (Å²) in [4.78, 5) is 37.7. The van der Waals surface area contributed by atoms with Crippen molar-refractivity contribution in [2.45, 2.75) is 13.0 Å². The second kappa shape index (κ2) is 9.36. The molecule has 172 valence electrons. The molecule has 1 aromatic carbocycles. The number of hydrogen-bond acceptors (Lipinski definition) is 7. The Kier molecular flexibility index (Phi) is 6.73. The number of hydrogen-bond donors (Lipinski definition) is 2. The summed E-state index contributed by atoms with van der Waals surface area (Å²) in [6.07, 6.45) is 0.0466. The van der Waals surface area contributed by atoms with Crippen LogP contribution in [-0.4, -0.2) is 64.7 Å². The smallest absolute Gasteiger partial charge is 0.441 e. The number of carbonyl (C=O) groups is 1. The van der Waals surface area contributed by atoms with Crippen LogP contribution in [0.1, 0.15) is 5.56 Å². The maximum Gasteiger partial charge on any atom is 0.469 e. The highest BCUT2D eigenvalue weighted by Crippen LogP contribution is 2.37. The number of aromatic nitrogens is 1. The van der Waals surface area contributed by atoms with Crippen LogP contribution in [0.2, 0.25) is 0 Å². The number of nitrogens with zero attached hydrogens (tertiary/aromatic N) is 3. The van der Waals surface area contributed by atoms with E-state index >= 15 is 0 Å². The monoisotopic (exact) mass is 483 g/mol. The molecule has 4 rings (SSSR count). The molecule has 1 aromatic heterocycles. The fraction of sp³-hybridized carbons (Fsp3) is 0.400. The summed E-state index contributed by atoms with van der Waals surface area (Å²) < 4.78 is 35.2. The van der Waals surface area contributed by atoms with Crippen LogP contribution in [0.4, 0.5) is 20.7 Å². The Morgan fingerprint density at radius 3 is 2.72 bits per heavy atom. The second-order valence-corrected chi connectivity index (χ2v) is 9.99. The number of amides is 1. The van der Waals surface area contributed by atoms with Crippen LogP contribution in [0.15, 0.2) is 30.5 Å². The number of cyclic esters (lactones) is 1. The van der Waals surface area contributed by atoms with E-state index in [2.05, 4.69) is 14.4 Å². The van der Waals surface area contributed by atoms with E-state index in [0.29, 0.717) is 11.1 Å². The van der Waals surface area contributed by atoms with E-state index in [-0.39, 0.29) is 12.2 Å². The number of phosphoric ester groups is 1. The summed E-state index contributed by atoms with van der Waals surface area (Å²) in [6, 6.07) is 6.30. The van der Waals surface area contributed by atoms with Gasteiger partial charge in [0.05, 0.1) is 18.8 Å². The molecule has 2 aliphatic rings. The Hall–Kier alpha value is -2.17. The zero-order chi connectivity index (χ0) is 22.9. The Morgan fingerprint density at radius 1 is 1.31 bits per heavy atom. The predicted molar refractivity (Wildman–Crippen MR) is 120 cm³/mol. The third kappa shape index (κ3) is 5.24. The van der Waals surface area contributed by atoms with Crippen molar-refractivity contribution in [2.75, 3.05) is 47.5 Å². The number of thioether (sulfide) groups is 1. The lowest BCUT2D eigenvalue weighted by molar-refractivity contribution is 0.0880. The van der Waals surface area contributed by atoms with Gasteiger partial charge in [-0.2, -0.15) is 11.8 Å². The molecule has 1 amide bonds. The van der Waals surface area contributed by atoms with Gasteiger partial charge >= 0.3 is 13.9 Å². The van der Waals surface area contributed by atoms with Crippen molar-refractivity contribution >= 4 is 37.2 Å². The number of benzene rings is 1. The third-order valence-corrected chi connectivity index (χ3v) is 6.67. The molecule has 2 saturated heterocycles. The molecular weight excluding hydrogens is 460 g/mol. The minimum absolute atomic E-state index is 0.0128. The lowest BCUT2D eigenvalue weighted by Crippen LogP contribution is -2.33. The van der Waals surface area contributed by atoms with Gasteiger partial charge in [0.15, 0.2) is 0 Å². The minimum atomic E-state index is -4.67. The predicted octanol–water partition coefficient (Wildman–Crippen LogP) is 3.18. The van der Waals surface area contributed by atoms with Crippen molar-refractivity contribution in [3.8, 4) is 11.1 Å². The van der Waals surface area contributed by atoms with Crippen LogP contribution < -0.4 is 9.80 Å². The minimum Gasteiger partial charge on any atom is -0.441 e. The van der Waals surface area contributed by atoms with Gasteiger partial charge in [0.2, 0.25) is 0 Å². The van der Waals surface area contributed by atoms with Crippen LogP contribution in [0, 0.1) is 12.7 Å². The van der Waals surface area contributed by atoms with Crippen molar-refractivity contribution < 1.29 is 32.8 Å². The van der Waals surface area contributed by atoms with Crippen LogP contribution >= 0.6 is 19.6 Å². The highest BCUT2D eigenvalue weighted by molar-refractivity contribution is 7.99. The van der Waals surface area contributed by atoms with Crippen LogP contribution in [0.25, 0.3) is 11.1 Å². The summed E-state index contributed by atoms with van der Waals surface area (Å²) in [5, 5.41) is 0. The molecule has 3 heterocycles. The first kappa shape index (κ1) is 23.0. The van der Waals surface area contributed by atoms with Gasteiger partial charge in [-0.05, 0) is 36.8 Å². The number of phosphoric acid groups is 1. The highest BCUT2D eigenvalue weighted by Gasteiger charge is 2.34. The highest BCUT2D eigenvalue weighted by atomic mass is 32.2. The SMILES string of the molecule is Cc1cc(-c2ccc(N3CC(COP(=O)(O)O)OC3=O)cc2F)cnc1N1CCSCC1. The molecule has 0 radical (unpaired) electrons. The number of carbonyl (C=O) groups excluding carboxylic acids is 1. The van der Waals surface area contributed by atoms with Gasteiger partial charge in [-0.25, -0.2) is 18.7 Å². The topological polar surface area (TPSA) is 112 Å². The van der Waals surface area contributed by atoms with Crippen molar-refractivity contribution in [1.29, 1.82) is 0 Å². The van der Waals surface area contributed by atoms with E-state index in [4.69, 9.17) is 14.5 Å². The van der Waals surface area contributed by atoms with E-state index in [1.54, 1.807) is 18.3 Å². The first-order valence-electron chi connectivity index (χ1n) is 9.99. The van der Waals surface area contributed by atoms with Crippen molar-refractivity contribution in [3.63, 3.8) is 0 Å². The lowest BCUT2D eigenvalue weighted by Gasteiger charge is -2.28. The van der Waals surface area contributed by atoms with Gasteiger partial charge in [0.1, 0.15) is 17.7 Å². The number of anilines is 2. The average molecular weight is 483 g/mol.